The smallest absolute Gasteiger partial charge is 0.271 e. The summed E-state index contributed by atoms with van der Waals surface area (Å²) < 4.78 is 23.6. The van der Waals surface area contributed by atoms with E-state index in [1.54, 1.807) is 0 Å². The van der Waals surface area contributed by atoms with Crippen molar-refractivity contribution in [3.8, 4) is 0 Å². The lowest BCUT2D eigenvalue weighted by molar-refractivity contribution is -0.385. The second-order valence-corrected chi connectivity index (χ2v) is 9.84. The van der Waals surface area contributed by atoms with Crippen LogP contribution >= 0.6 is 0 Å². The number of nitro benzene ring substituents is 1. The highest BCUT2D eigenvalue weighted by atomic mass is 32.2. The van der Waals surface area contributed by atoms with Crippen LogP contribution < -0.4 is 5.32 Å². The molecule has 9 nitrogen and oxygen atoms in total. The van der Waals surface area contributed by atoms with Crippen LogP contribution in [0.15, 0.2) is 47.4 Å². The summed E-state index contributed by atoms with van der Waals surface area (Å²) in [5.74, 6) is -0.574. The summed E-state index contributed by atoms with van der Waals surface area (Å²) >= 11 is 0. The summed E-state index contributed by atoms with van der Waals surface area (Å²) in [6, 6.07) is 11.1. The molecular weight excluding hydrogens is 420 g/mol. The summed E-state index contributed by atoms with van der Waals surface area (Å²) in [6.07, 6.45) is 0.942. The first-order valence-electron chi connectivity index (χ1n) is 9.88. The molecule has 1 N–H and O–H groups in total. The molecule has 166 valence electrons. The molecule has 1 saturated heterocycles. The normalized spacial score (nSPS) is 15.5. The van der Waals surface area contributed by atoms with Gasteiger partial charge in [-0.2, -0.15) is 0 Å². The number of amides is 1. The van der Waals surface area contributed by atoms with Crippen molar-refractivity contribution in [3.63, 3.8) is 0 Å². The molecule has 0 radical (unpaired) electrons. The van der Waals surface area contributed by atoms with Crippen LogP contribution in [-0.2, 0) is 22.9 Å². The molecule has 0 aromatic heterocycles. The third-order valence-electron chi connectivity index (χ3n) is 5.27. The minimum absolute atomic E-state index is 0.0682. The van der Waals surface area contributed by atoms with E-state index in [-0.39, 0.29) is 17.0 Å². The van der Waals surface area contributed by atoms with Gasteiger partial charge in [-0.3, -0.25) is 19.8 Å². The van der Waals surface area contributed by atoms with Gasteiger partial charge < -0.3 is 10.2 Å². The molecule has 10 heteroatoms. The van der Waals surface area contributed by atoms with Crippen LogP contribution in [0.25, 0.3) is 0 Å². The standard InChI is InChI=1S/C21H26N4O5S/c1-23-7-9-24(10-8-23)15-17-5-3-16(4-6-17)14-22-21(26)18-11-19(25(27)28)13-20(12-18)31(2,29)30/h3-6,11-13H,7-10,14-15H2,1-2H3,(H,22,26). The Bertz CT molecular complexity index is 1060. The summed E-state index contributed by atoms with van der Waals surface area (Å²) in [4.78, 5) is 27.3. The Balaban J connectivity index is 1.63. The Labute approximate surface area is 181 Å². The lowest BCUT2D eigenvalue weighted by Crippen LogP contribution is -2.43. The largest absolute Gasteiger partial charge is 0.348 e. The van der Waals surface area contributed by atoms with Gasteiger partial charge in [0.2, 0.25) is 0 Å². The fraction of sp³-hybridized carbons (Fsp3) is 0.381. The number of hydrogen-bond acceptors (Lipinski definition) is 7. The van der Waals surface area contributed by atoms with Gasteiger partial charge in [0.05, 0.1) is 9.82 Å². The minimum atomic E-state index is -3.69. The van der Waals surface area contributed by atoms with E-state index in [4.69, 9.17) is 0 Å². The summed E-state index contributed by atoms with van der Waals surface area (Å²) in [5, 5.41) is 13.8. The van der Waals surface area contributed by atoms with E-state index >= 15 is 0 Å². The number of carbonyl (C=O) groups is 1. The van der Waals surface area contributed by atoms with Crippen LogP contribution in [0.1, 0.15) is 21.5 Å². The average Bonchev–Trinajstić information content (AvgIpc) is 2.73. The maximum atomic E-state index is 12.5. The van der Waals surface area contributed by atoms with Crippen LogP contribution in [0.5, 0.6) is 0 Å². The highest BCUT2D eigenvalue weighted by Gasteiger charge is 2.19. The van der Waals surface area contributed by atoms with E-state index in [9.17, 15) is 23.3 Å². The molecule has 1 fully saturated rings. The third-order valence-corrected chi connectivity index (χ3v) is 6.36. The van der Waals surface area contributed by atoms with Crippen molar-refractivity contribution in [2.75, 3.05) is 39.5 Å². The molecule has 0 unspecified atom stereocenters. The van der Waals surface area contributed by atoms with E-state index in [2.05, 4.69) is 22.2 Å². The first kappa shape index (κ1) is 22.9. The number of likely N-dealkylation sites (N-methyl/N-ethyl adjacent to an activating group) is 1. The van der Waals surface area contributed by atoms with Crippen molar-refractivity contribution in [2.45, 2.75) is 18.0 Å². The quantitative estimate of drug-likeness (QED) is 0.508. The van der Waals surface area contributed by atoms with Crippen molar-refractivity contribution >= 4 is 21.4 Å². The second kappa shape index (κ2) is 9.54. The molecule has 1 aliphatic rings. The summed E-state index contributed by atoms with van der Waals surface area (Å²) in [7, 11) is -1.57. The van der Waals surface area contributed by atoms with Gasteiger partial charge in [-0.1, -0.05) is 24.3 Å². The zero-order valence-electron chi connectivity index (χ0n) is 17.6. The third kappa shape index (κ3) is 6.33. The Hall–Kier alpha value is -2.82. The van der Waals surface area contributed by atoms with Crippen molar-refractivity contribution in [2.24, 2.45) is 0 Å². The number of hydrogen-bond donors (Lipinski definition) is 1. The van der Waals surface area contributed by atoms with Crippen molar-refractivity contribution in [1.29, 1.82) is 0 Å². The zero-order chi connectivity index (χ0) is 22.6. The van der Waals surface area contributed by atoms with Gasteiger partial charge in [-0.05, 0) is 24.2 Å². The van der Waals surface area contributed by atoms with Gasteiger partial charge in [0.25, 0.3) is 11.6 Å². The van der Waals surface area contributed by atoms with Gasteiger partial charge in [0.1, 0.15) is 0 Å². The predicted octanol–water partition coefficient (Wildman–Crippen LogP) is 1.68. The lowest BCUT2D eigenvalue weighted by Gasteiger charge is -2.32. The average molecular weight is 447 g/mol. The van der Waals surface area contributed by atoms with Gasteiger partial charge in [0, 0.05) is 63.2 Å². The van der Waals surface area contributed by atoms with Crippen molar-refractivity contribution in [3.05, 3.63) is 69.3 Å². The summed E-state index contributed by atoms with van der Waals surface area (Å²) in [6.45, 7) is 5.29. The number of piperazine rings is 1. The predicted molar refractivity (Wildman–Crippen MR) is 117 cm³/mol. The number of non-ortho nitro benzene ring substituents is 1. The van der Waals surface area contributed by atoms with Gasteiger partial charge >= 0.3 is 0 Å². The molecule has 1 amide bonds. The highest BCUT2D eigenvalue weighted by molar-refractivity contribution is 7.90. The van der Waals surface area contributed by atoms with Crippen molar-refractivity contribution < 1.29 is 18.1 Å². The molecule has 3 rings (SSSR count). The molecule has 2 aromatic carbocycles. The first-order chi connectivity index (χ1) is 14.6. The maximum absolute atomic E-state index is 12.5. The molecule has 0 atom stereocenters. The number of nitro groups is 1. The second-order valence-electron chi connectivity index (χ2n) is 7.82. The van der Waals surface area contributed by atoms with E-state index < -0.39 is 26.4 Å². The van der Waals surface area contributed by atoms with Crippen LogP contribution in [0.4, 0.5) is 5.69 Å². The van der Waals surface area contributed by atoms with Crippen LogP contribution in [0.2, 0.25) is 0 Å². The van der Waals surface area contributed by atoms with Crippen LogP contribution in [0.3, 0.4) is 0 Å². The van der Waals surface area contributed by atoms with E-state index in [0.29, 0.717) is 0 Å². The number of carbonyl (C=O) groups excluding carboxylic acids is 1. The Morgan fingerprint density at radius 1 is 1.06 bits per heavy atom. The Morgan fingerprint density at radius 2 is 1.68 bits per heavy atom. The molecule has 31 heavy (non-hydrogen) atoms. The Morgan fingerprint density at radius 3 is 2.26 bits per heavy atom. The molecule has 0 saturated carbocycles. The van der Waals surface area contributed by atoms with E-state index in [0.717, 1.165) is 62.7 Å². The first-order valence-corrected chi connectivity index (χ1v) is 11.8. The fourth-order valence-corrected chi connectivity index (χ4v) is 4.02. The van der Waals surface area contributed by atoms with Crippen LogP contribution in [0, 0.1) is 10.1 Å². The van der Waals surface area contributed by atoms with E-state index in [1.165, 1.54) is 5.56 Å². The Kier molecular flexibility index (Phi) is 7.04. The number of rotatable bonds is 7. The van der Waals surface area contributed by atoms with Crippen LogP contribution in [-0.4, -0.2) is 68.5 Å². The van der Waals surface area contributed by atoms with Gasteiger partial charge in [-0.15, -0.1) is 0 Å². The number of nitrogens with one attached hydrogen (secondary N) is 1. The molecule has 1 heterocycles. The van der Waals surface area contributed by atoms with Gasteiger partial charge in [0.15, 0.2) is 9.84 Å². The number of nitrogens with zero attached hydrogens (tertiary/aromatic N) is 3. The zero-order valence-corrected chi connectivity index (χ0v) is 18.4. The molecular formula is C21H26N4O5S. The van der Waals surface area contributed by atoms with Crippen molar-refractivity contribution in [1.82, 2.24) is 15.1 Å². The highest BCUT2D eigenvalue weighted by Crippen LogP contribution is 2.21. The molecule has 2 aromatic rings. The SMILES string of the molecule is CN1CCN(Cc2ccc(CNC(=O)c3cc([N+](=O)[O-])cc(S(C)(=O)=O)c3)cc2)CC1. The fourth-order valence-electron chi connectivity index (χ4n) is 3.35. The molecule has 1 aliphatic heterocycles. The summed E-state index contributed by atoms with van der Waals surface area (Å²) in [5.41, 5.74) is 1.56. The van der Waals surface area contributed by atoms with E-state index in [1.807, 2.05) is 24.3 Å². The lowest BCUT2D eigenvalue weighted by atomic mass is 10.1. The monoisotopic (exact) mass is 446 g/mol. The van der Waals surface area contributed by atoms with Gasteiger partial charge in [-0.25, -0.2) is 8.42 Å². The molecule has 0 aliphatic carbocycles. The maximum Gasteiger partial charge on any atom is 0.271 e. The minimum Gasteiger partial charge on any atom is -0.348 e. The molecule has 0 bridgehead atoms. The number of benzene rings is 2. The molecule has 0 spiro atoms. The number of sulfone groups is 1. The topological polar surface area (TPSA) is 113 Å².